The van der Waals surface area contributed by atoms with E-state index in [2.05, 4.69) is 170 Å². The molecule has 1 aliphatic rings. The molecule has 0 unspecified atom stereocenters. The quantitative estimate of drug-likeness (QED) is 0.118. The van der Waals surface area contributed by atoms with Crippen LogP contribution in [0.15, 0.2) is 170 Å². The Labute approximate surface area is 320 Å². The van der Waals surface area contributed by atoms with Crippen molar-refractivity contribution in [2.75, 3.05) is 0 Å². The van der Waals surface area contributed by atoms with Crippen molar-refractivity contribution in [3.8, 4) is 33.4 Å². The molecule has 0 bridgehead atoms. The van der Waals surface area contributed by atoms with Crippen molar-refractivity contribution in [2.45, 2.75) is 0 Å². The highest BCUT2D eigenvalue weighted by Crippen LogP contribution is 2.56. The first-order chi connectivity index (χ1) is 27.8. The van der Waals surface area contributed by atoms with Crippen LogP contribution < -0.4 is 0 Å². The fourth-order valence-electron chi connectivity index (χ4n) is 11.5. The lowest BCUT2D eigenvalue weighted by molar-refractivity contribution is 1.66. The Morgan fingerprint density at radius 1 is 0.179 bits per heavy atom. The first kappa shape index (κ1) is 28.2. The van der Waals surface area contributed by atoms with E-state index < -0.39 is 0 Å². The van der Waals surface area contributed by atoms with Crippen molar-refractivity contribution in [2.24, 2.45) is 0 Å². The van der Waals surface area contributed by atoms with Crippen LogP contribution in [0, 0.1) is 0 Å². The van der Waals surface area contributed by atoms with Gasteiger partial charge in [0.2, 0.25) is 0 Å². The van der Waals surface area contributed by atoms with Gasteiger partial charge < -0.3 is 0 Å². The fourth-order valence-corrected chi connectivity index (χ4v) is 11.5. The average molecular weight is 701 g/mol. The molecular formula is C56H28. The number of fused-ring (bicyclic) bond motifs is 14. The van der Waals surface area contributed by atoms with Crippen molar-refractivity contribution in [1.29, 1.82) is 0 Å². The normalized spacial score (nSPS) is 13.0. The summed E-state index contributed by atoms with van der Waals surface area (Å²) in [7, 11) is 0. The van der Waals surface area contributed by atoms with Gasteiger partial charge in [0.05, 0.1) is 0 Å². The Balaban J connectivity index is 1.06. The van der Waals surface area contributed by atoms with Gasteiger partial charge in [-0.1, -0.05) is 127 Å². The van der Waals surface area contributed by atoms with Crippen LogP contribution in [0.1, 0.15) is 0 Å². The van der Waals surface area contributed by atoms with E-state index in [9.17, 15) is 0 Å². The molecule has 14 aromatic rings. The summed E-state index contributed by atoms with van der Waals surface area (Å²) in [4.78, 5) is 0. The number of hydrogen-bond donors (Lipinski definition) is 0. The summed E-state index contributed by atoms with van der Waals surface area (Å²) < 4.78 is 0. The van der Waals surface area contributed by atoms with Gasteiger partial charge in [-0.2, -0.15) is 0 Å². The molecule has 0 N–H and O–H groups in total. The standard InChI is InChI=1S/C56H28/c1-2-8-29(9-3-1)32-24-35-28-49-44-19-16-40-38-14-17-42-46-25-33-22-30-10-4-5-11-31(30)23-34(33)26-47(46)43-18-15-39(51(38)53(42)43)41-20-21-45(54(44)52(40)41)55(49)56-37-13-7-6-12-36(37)48(27-32)50(35)56/h1-28H. The third-order valence-electron chi connectivity index (χ3n) is 13.7. The van der Waals surface area contributed by atoms with E-state index in [-0.39, 0.29) is 0 Å². The molecule has 0 spiro atoms. The molecule has 0 aliphatic heterocycles. The summed E-state index contributed by atoms with van der Waals surface area (Å²) in [5.74, 6) is 0. The minimum absolute atomic E-state index is 1.26. The molecule has 1 aliphatic carbocycles. The predicted molar refractivity (Wildman–Crippen MR) is 242 cm³/mol. The largest absolute Gasteiger partial charge is 0.0622 e. The second-order valence-electron chi connectivity index (χ2n) is 16.3. The van der Waals surface area contributed by atoms with Crippen LogP contribution in [0.3, 0.4) is 0 Å². The average Bonchev–Trinajstić information content (AvgIpc) is 3.87. The molecule has 0 nitrogen and oxygen atoms in total. The monoisotopic (exact) mass is 700 g/mol. The van der Waals surface area contributed by atoms with Gasteiger partial charge in [-0.3, -0.25) is 0 Å². The Morgan fingerprint density at radius 2 is 0.661 bits per heavy atom. The molecule has 0 heterocycles. The van der Waals surface area contributed by atoms with Crippen molar-refractivity contribution >= 4 is 118 Å². The molecule has 0 aromatic heterocycles. The highest BCUT2D eigenvalue weighted by atomic mass is 14.3. The molecule has 0 fully saturated rings. The maximum absolute atomic E-state index is 2.50. The minimum atomic E-state index is 1.26. The van der Waals surface area contributed by atoms with E-state index in [1.165, 1.54) is 152 Å². The molecule has 0 radical (unpaired) electrons. The third kappa shape index (κ3) is 3.20. The Morgan fingerprint density at radius 3 is 1.34 bits per heavy atom. The minimum Gasteiger partial charge on any atom is -0.0622 e. The van der Waals surface area contributed by atoms with E-state index in [4.69, 9.17) is 0 Å². The zero-order valence-electron chi connectivity index (χ0n) is 30.2. The van der Waals surface area contributed by atoms with Gasteiger partial charge in [0.25, 0.3) is 0 Å². The molecular weight excluding hydrogens is 673 g/mol. The van der Waals surface area contributed by atoms with Crippen molar-refractivity contribution in [3.05, 3.63) is 170 Å². The van der Waals surface area contributed by atoms with E-state index in [1.54, 1.807) is 0 Å². The third-order valence-corrected chi connectivity index (χ3v) is 13.7. The second-order valence-corrected chi connectivity index (χ2v) is 16.3. The summed E-state index contributed by atoms with van der Waals surface area (Å²) in [6, 6.07) is 64.9. The smallest absolute Gasteiger partial charge is 0.000784 e. The van der Waals surface area contributed by atoms with Crippen molar-refractivity contribution in [3.63, 3.8) is 0 Å². The molecule has 0 saturated heterocycles. The van der Waals surface area contributed by atoms with E-state index in [1.807, 2.05) is 0 Å². The molecule has 0 atom stereocenters. The zero-order chi connectivity index (χ0) is 36.0. The lowest BCUT2D eigenvalue weighted by atomic mass is 9.87. The topological polar surface area (TPSA) is 0 Å². The van der Waals surface area contributed by atoms with Gasteiger partial charge in [0.15, 0.2) is 0 Å². The molecule has 15 rings (SSSR count). The lowest BCUT2D eigenvalue weighted by Gasteiger charge is -2.16. The van der Waals surface area contributed by atoms with Crippen LogP contribution in [-0.2, 0) is 0 Å². The van der Waals surface area contributed by atoms with Crippen molar-refractivity contribution in [1.82, 2.24) is 0 Å². The van der Waals surface area contributed by atoms with Crippen LogP contribution in [0.25, 0.3) is 152 Å². The maximum atomic E-state index is 2.50. The summed E-state index contributed by atoms with van der Waals surface area (Å²) in [6.07, 6.45) is 0. The Kier molecular flexibility index (Phi) is 4.78. The van der Waals surface area contributed by atoms with Gasteiger partial charge >= 0.3 is 0 Å². The van der Waals surface area contributed by atoms with Crippen LogP contribution in [0.4, 0.5) is 0 Å². The molecule has 252 valence electrons. The van der Waals surface area contributed by atoms with Crippen LogP contribution in [-0.4, -0.2) is 0 Å². The SMILES string of the molecule is c1ccc(-c2cc3cc4c5ccc6c7ccc8c9c(ccc(c%10ccc(c5c6%10)c4c4c5ccccc5c(c2)c34)c97)-c2cc3cc4ccccc4cc3cc2-8)cc1. The van der Waals surface area contributed by atoms with Gasteiger partial charge in [-0.15, -0.1) is 0 Å². The highest BCUT2D eigenvalue weighted by molar-refractivity contribution is 6.49. The lowest BCUT2D eigenvalue weighted by Crippen LogP contribution is -1.88. The van der Waals surface area contributed by atoms with Gasteiger partial charge in [-0.25, -0.2) is 0 Å². The van der Waals surface area contributed by atoms with Gasteiger partial charge in [-0.05, 0) is 194 Å². The van der Waals surface area contributed by atoms with Crippen LogP contribution in [0.2, 0.25) is 0 Å². The van der Waals surface area contributed by atoms with Crippen LogP contribution in [0.5, 0.6) is 0 Å². The summed E-state index contributed by atoms with van der Waals surface area (Å²) in [5, 5.41) is 29.8. The van der Waals surface area contributed by atoms with Gasteiger partial charge in [0.1, 0.15) is 0 Å². The molecule has 0 heteroatoms. The van der Waals surface area contributed by atoms with E-state index in [0.29, 0.717) is 0 Å². The van der Waals surface area contributed by atoms with E-state index in [0.717, 1.165) is 0 Å². The second kappa shape index (κ2) is 9.50. The number of benzene rings is 12. The molecule has 0 amide bonds. The summed E-state index contributed by atoms with van der Waals surface area (Å²) >= 11 is 0. The molecule has 0 saturated carbocycles. The van der Waals surface area contributed by atoms with Gasteiger partial charge in [0, 0.05) is 0 Å². The fraction of sp³-hybridized carbons (Fsp3) is 0. The Hall–Kier alpha value is -7.28. The summed E-state index contributed by atoms with van der Waals surface area (Å²) in [6.45, 7) is 0. The number of rotatable bonds is 1. The Bertz CT molecular complexity index is 3960. The first-order valence-corrected chi connectivity index (χ1v) is 19.7. The first-order valence-electron chi connectivity index (χ1n) is 19.7. The number of hydrogen-bond acceptors (Lipinski definition) is 0. The van der Waals surface area contributed by atoms with Crippen molar-refractivity contribution < 1.29 is 0 Å². The summed E-state index contributed by atoms with van der Waals surface area (Å²) in [5.41, 5.74) is 7.94. The maximum Gasteiger partial charge on any atom is -0.000784 e. The van der Waals surface area contributed by atoms with E-state index >= 15 is 0 Å². The van der Waals surface area contributed by atoms with Crippen LogP contribution >= 0.6 is 0 Å². The molecule has 56 heavy (non-hydrogen) atoms. The zero-order valence-corrected chi connectivity index (χ0v) is 30.2. The predicted octanol–water partition coefficient (Wildman–Crippen LogP) is 16.0. The molecule has 14 aromatic carbocycles. The highest BCUT2D eigenvalue weighted by Gasteiger charge is 2.28.